The summed E-state index contributed by atoms with van der Waals surface area (Å²) in [4.78, 5) is 8.49. The van der Waals surface area contributed by atoms with Gasteiger partial charge in [-0.05, 0) is 24.3 Å². The van der Waals surface area contributed by atoms with E-state index in [1.807, 2.05) is 28.9 Å². The number of methoxy groups -OCH3 is 1. The average Bonchev–Trinajstić information content (AvgIpc) is 3.20. The number of nitrogen functional groups attached to an aromatic ring is 1. The molecular weight excluding hydrogens is 358 g/mol. The number of aliphatic hydroxyl groups excluding tert-OH is 1. The molecule has 1 aromatic carbocycles. The first kappa shape index (κ1) is 16.5. The van der Waals surface area contributed by atoms with Gasteiger partial charge in [-0.3, -0.25) is 0 Å². The van der Waals surface area contributed by atoms with E-state index in [1.54, 1.807) is 28.7 Å². The number of nitrogens with zero attached hydrogens (tertiary/aromatic N) is 4. The molecule has 1 fully saturated rings. The van der Waals surface area contributed by atoms with Gasteiger partial charge >= 0.3 is 0 Å². The normalized spacial score (nSPS) is 20.2. The van der Waals surface area contributed by atoms with E-state index in [9.17, 15) is 5.11 Å². The van der Waals surface area contributed by atoms with Crippen molar-refractivity contribution in [2.45, 2.75) is 17.9 Å². The average molecular weight is 375 g/mol. The van der Waals surface area contributed by atoms with Crippen LogP contribution in [0.15, 0.2) is 30.6 Å². The molecule has 0 amide bonds. The third-order valence-corrected chi connectivity index (χ3v) is 7.02. The minimum atomic E-state index is -0.349. The van der Waals surface area contributed by atoms with Crippen LogP contribution in [-0.4, -0.2) is 49.1 Å². The third kappa shape index (κ3) is 3.03. The van der Waals surface area contributed by atoms with Crippen molar-refractivity contribution >= 4 is 38.4 Å². The van der Waals surface area contributed by atoms with Crippen LogP contribution in [0.4, 0.5) is 5.82 Å². The van der Waals surface area contributed by atoms with Gasteiger partial charge in [0.15, 0.2) is 5.65 Å². The molecule has 3 heterocycles. The van der Waals surface area contributed by atoms with Crippen LogP contribution in [-0.2, 0) is 6.54 Å². The fraction of sp³-hybridized carbons (Fsp3) is 0.312. The number of nitrogens with two attached hydrogens (primary N) is 1. The molecule has 25 heavy (non-hydrogen) atoms. The molecule has 0 unspecified atom stereocenters. The molecule has 4 rings (SSSR count). The summed E-state index contributed by atoms with van der Waals surface area (Å²) in [5.74, 6) is 1.91. The van der Waals surface area contributed by atoms with Crippen LogP contribution >= 0.6 is 21.6 Å². The lowest BCUT2D eigenvalue weighted by Crippen LogP contribution is -2.25. The van der Waals surface area contributed by atoms with Crippen molar-refractivity contribution in [2.24, 2.45) is 0 Å². The summed E-state index contributed by atoms with van der Waals surface area (Å²) >= 11 is 0. The number of benzene rings is 1. The van der Waals surface area contributed by atoms with E-state index in [0.29, 0.717) is 18.0 Å². The fourth-order valence-electron chi connectivity index (χ4n) is 2.80. The first-order valence-electron chi connectivity index (χ1n) is 7.75. The van der Waals surface area contributed by atoms with Crippen molar-refractivity contribution in [3.05, 3.63) is 30.6 Å². The Labute approximate surface area is 152 Å². The number of fused-ring (bicyclic) bond motifs is 1. The maximum absolute atomic E-state index is 10.1. The highest BCUT2D eigenvalue weighted by Gasteiger charge is 2.29. The van der Waals surface area contributed by atoms with Gasteiger partial charge in [0.2, 0.25) is 0 Å². The molecule has 1 saturated heterocycles. The molecule has 0 radical (unpaired) electrons. The molecule has 2 aromatic heterocycles. The zero-order valence-electron chi connectivity index (χ0n) is 13.5. The molecule has 2 atom stereocenters. The van der Waals surface area contributed by atoms with Gasteiger partial charge in [-0.2, -0.15) is 5.10 Å². The number of hydrogen-bond acceptors (Lipinski definition) is 8. The van der Waals surface area contributed by atoms with E-state index in [2.05, 4.69) is 9.97 Å². The van der Waals surface area contributed by atoms with Crippen molar-refractivity contribution in [3.63, 3.8) is 0 Å². The molecule has 1 aliphatic heterocycles. The predicted octanol–water partition coefficient (Wildman–Crippen LogP) is 2.21. The minimum Gasteiger partial charge on any atom is -0.497 e. The molecule has 1 aliphatic rings. The van der Waals surface area contributed by atoms with Crippen LogP contribution in [0.2, 0.25) is 0 Å². The Morgan fingerprint density at radius 1 is 1.32 bits per heavy atom. The van der Waals surface area contributed by atoms with Crippen LogP contribution in [0, 0.1) is 0 Å². The van der Waals surface area contributed by atoms with Crippen molar-refractivity contribution in [1.29, 1.82) is 0 Å². The van der Waals surface area contributed by atoms with Gasteiger partial charge in [0, 0.05) is 11.3 Å². The van der Waals surface area contributed by atoms with Crippen molar-refractivity contribution in [1.82, 2.24) is 19.7 Å². The van der Waals surface area contributed by atoms with E-state index in [-0.39, 0.29) is 11.4 Å². The van der Waals surface area contributed by atoms with Crippen LogP contribution in [0.5, 0.6) is 5.75 Å². The number of rotatable bonds is 4. The quantitative estimate of drug-likeness (QED) is 0.670. The molecular formula is C16H17N5O2S2. The molecule has 0 bridgehead atoms. The van der Waals surface area contributed by atoms with Crippen LogP contribution in [0.1, 0.15) is 0 Å². The zero-order chi connectivity index (χ0) is 17.4. The molecule has 9 heteroatoms. The highest BCUT2D eigenvalue weighted by molar-refractivity contribution is 8.77. The van der Waals surface area contributed by atoms with Crippen LogP contribution < -0.4 is 10.5 Å². The Morgan fingerprint density at radius 3 is 2.80 bits per heavy atom. The number of hydrogen-bond donors (Lipinski definition) is 2. The molecule has 130 valence electrons. The first-order chi connectivity index (χ1) is 12.2. The van der Waals surface area contributed by atoms with Crippen molar-refractivity contribution in [3.8, 4) is 17.0 Å². The fourth-order valence-corrected chi connectivity index (χ4v) is 5.72. The van der Waals surface area contributed by atoms with Gasteiger partial charge in [-0.1, -0.05) is 21.6 Å². The molecule has 0 aliphatic carbocycles. The maximum Gasteiger partial charge on any atom is 0.164 e. The van der Waals surface area contributed by atoms with E-state index in [1.165, 1.54) is 6.33 Å². The van der Waals surface area contributed by atoms with Gasteiger partial charge in [-0.25, -0.2) is 14.6 Å². The topological polar surface area (TPSA) is 99.1 Å². The summed E-state index contributed by atoms with van der Waals surface area (Å²) in [6.45, 7) is 0.571. The smallest absolute Gasteiger partial charge is 0.164 e. The molecule has 7 nitrogen and oxygen atoms in total. The van der Waals surface area contributed by atoms with E-state index in [0.717, 1.165) is 28.1 Å². The van der Waals surface area contributed by atoms with E-state index < -0.39 is 0 Å². The lowest BCUT2D eigenvalue weighted by molar-refractivity contribution is 0.191. The van der Waals surface area contributed by atoms with Crippen LogP contribution in [0.25, 0.3) is 22.3 Å². The Balaban J connectivity index is 1.80. The summed E-state index contributed by atoms with van der Waals surface area (Å²) in [6, 6.07) is 7.64. The number of aliphatic hydroxyl groups is 1. The van der Waals surface area contributed by atoms with Crippen molar-refractivity contribution < 1.29 is 9.84 Å². The van der Waals surface area contributed by atoms with Gasteiger partial charge in [0.05, 0.1) is 30.4 Å². The van der Waals surface area contributed by atoms with E-state index in [4.69, 9.17) is 15.6 Å². The molecule has 0 spiro atoms. The second-order valence-corrected chi connectivity index (χ2v) is 8.35. The highest BCUT2D eigenvalue weighted by Crippen LogP contribution is 2.39. The predicted molar refractivity (Wildman–Crippen MR) is 102 cm³/mol. The summed E-state index contributed by atoms with van der Waals surface area (Å²) in [5.41, 5.74) is 8.45. The van der Waals surface area contributed by atoms with Gasteiger partial charge in [-0.15, -0.1) is 0 Å². The lowest BCUT2D eigenvalue weighted by atomic mass is 10.1. The Kier molecular flexibility index (Phi) is 4.45. The SMILES string of the molecule is COc1ccc(-c2nn(C[C@@H]3SSC[C@H]3O)c3ncnc(N)c23)cc1. The summed E-state index contributed by atoms with van der Waals surface area (Å²) in [5, 5.41) is 15.6. The number of aromatic nitrogens is 4. The second-order valence-electron chi connectivity index (χ2n) is 5.70. The molecule has 3 N–H and O–H groups in total. The zero-order valence-corrected chi connectivity index (χ0v) is 15.1. The lowest BCUT2D eigenvalue weighted by Gasteiger charge is -2.12. The summed E-state index contributed by atoms with van der Waals surface area (Å²) in [7, 11) is 4.99. The minimum absolute atomic E-state index is 0.0769. The largest absolute Gasteiger partial charge is 0.497 e. The first-order valence-corrected chi connectivity index (χ1v) is 10.1. The van der Waals surface area contributed by atoms with E-state index >= 15 is 0 Å². The van der Waals surface area contributed by atoms with Gasteiger partial charge in [0.25, 0.3) is 0 Å². The van der Waals surface area contributed by atoms with Gasteiger partial charge < -0.3 is 15.6 Å². The standard InChI is InChI=1S/C16H17N5O2S2/c1-23-10-4-2-9(3-5-10)14-13-15(17)18-8-19-16(13)21(20-14)6-12-11(22)7-24-25-12/h2-5,8,11-12,22H,6-7H2,1H3,(H2,17,18,19)/t11-,12+/m1/s1. The Bertz CT molecular complexity index is 899. The number of anilines is 1. The van der Waals surface area contributed by atoms with Crippen molar-refractivity contribution in [2.75, 3.05) is 18.6 Å². The monoisotopic (exact) mass is 375 g/mol. The summed E-state index contributed by atoms with van der Waals surface area (Å²) in [6.07, 6.45) is 1.10. The maximum atomic E-state index is 10.1. The summed E-state index contributed by atoms with van der Waals surface area (Å²) < 4.78 is 7.03. The van der Waals surface area contributed by atoms with Gasteiger partial charge in [0.1, 0.15) is 23.6 Å². The van der Waals surface area contributed by atoms with Crippen LogP contribution in [0.3, 0.4) is 0 Å². The highest BCUT2D eigenvalue weighted by atomic mass is 33.1. The molecule has 3 aromatic rings. The molecule has 0 saturated carbocycles. The Morgan fingerprint density at radius 2 is 2.12 bits per heavy atom. The third-order valence-electron chi connectivity index (χ3n) is 4.13. The second kappa shape index (κ2) is 6.74. The Hall–Kier alpha value is -1.97. The number of ether oxygens (including phenoxy) is 1.